The van der Waals surface area contributed by atoms with E-state index in [1.165, 1.54) is 12.8 Å². The Balaban J connectivity index is 2.16. The van der Waals surface area contributed by atoms with Crippen molar-refractivity contribution in [2.24, 2.45) is 5.84 Å². The standard InChI is InChI=1S/C13H22N4O/c1-18-13(5-2-3-6-13)12(17-15)8-10-9-16-7-4-11(10)14/h4,7,9,12,17H,2-3,5-6,8,15H2,1H3,(H2,14,16). The minimum Gasteiger partial charge on any atom is -0.398 e. The van der Waals surface area contributed by atoms with Gasteiger partial charge in [0.25, 0.3) is 0 Å². The first kappa shape index (κ1) is 13.3. The molecule has 5 heteroatoms. The van der Waals surface area contributed by atoms with Crippen LogP contribution in [0.1, 0.15) is 31.2 Å². The zero-order chi connectivity index (χ0) is 13.0. The number of nitrogen functional groups attached to an aromatic ring is 1. The molecule has 100 valence electrons. The second kappa shape index (κ2) is 5.65. The molecule has 1 saturated carbocycles. The number of rotatable bonds is 5. The Morgan fingerprint density at radius 3 is 2.78 bits per heavy atom. The lowest BCUT2D eigenvalue weighted by atomic mass is 9.88. The van der Waals surface area contributed by atoms with Crippen LogP contribution in [0.5, 0.6) is 0 Å². The van der Waals surface area contributed by atoms with Crippen molar-refractivity contribution >= 4 is 5.69 Å². The van der Waals surface area contributed by atoms with Crippen LogP contribution in [0.4, 0.5) is 5.69 Å². The fraction of sp³-hybridized carbons (Fsp3) is 0.615. The number of pyridine rings is 1. The molecule has 1 aliphatic carbocycles. The first-order valence-electron chi connectivity index (χ1n) is 6.41. The number of hydrogen-bond acceptors (Lipinski definition) is 5. The van der Waals surface area contributed by atoms with Gasteiger partial charge in [0, 0.05) is 25.2 Å². The van der Waals surface area contributed by atoms with Crippen LogP contribution < -0.4 is 17.0 Å². The fourth-order valence-corrected chi connectivity index (χ4v) is 2.89. The summed E-state index contributed by atoms with van der Waals surface area (Å²) >= 11 is 0. The van der Waals surface area contributed by atoms with E-state index in [0.717, 1.165) is 30.5 Å². The maximum absolute atomic E-state index is 5.96. The van der Waals surface area contributed by atoms with Crippen molar-refractivity contribution in [1.29, 1.82) is 0 Å². The number of hydrogen-bond donors (Lipinski definition) is 3. The van der Waals surface area contributed by atoms with Crippen LogP contribution in [0.15, 0.2) is 18.5 Å². The molecule has 5 nitrogen and oxygen atoms in total. The number of aromatic nitrogens is 1. The van der Waals surface area contributed by atoms with E-state index < -0.39 is 0 Å². The summed E-state index contributed by atoms with van der Waals surface area (Å²) in [7, 11) is 1.77. The third-order valence-corrected chi connectivity index (χ3v) is 4.06. The molecule has 0 saturated heterocycles. The fourth-order valence-electron chi connectivity index (χ4n) is 2.89. The van der Waals surface area contributed by atoms with E-state index >= 15 is 0 Å². The van der Waals surface area contributed by atoms with Crippen LogP contribution in [0.3, 0.4) is 0 Å². The molecule has 1 fully saturated rings. The summed E-state index contributed by atoms with van der Waals surface area (Å²) in [5.41, 5.74) is 10.5. The highest BCUT2D eigenvalue weighted by Gasteiger charge is 2.41. The Morgan fingerprint density at radius 2 is 2.22 bits per heavy atom. The molecule has 0 aliphatic heterocycles. The van der Waals surface area contributed by atoms with Gasteiger partial charge in [-0.15, -0.1) is 0 Å². The molecule has 1 aromatic rings. The van der Waals surface area contributed by atoms with E-state index in [-0.39, 0.29) is 11.6 Å². The molecule has 2 rings (SSSR count). The normalized spacial score (nSPS) is 19.9. The number of hydrazine groups is 1. The summed E-state index contributed by atoms with van der Waals surface area (Å²) in [5.74, 6) is 5.72. The van der Waals surface area contributed by atoms with Crippen molar-refractivity contribution < 1.29 is 4.74 Å². The van der Waals surface area contributed by atoms with E-state index in [4.69, 9.17) is 16.3 Å². The molecule has 1 aromatic heterocycles. The number of ether oxygens (including phenoxy) is 1. The van der Waals surface area contributed by atoms with Crippen molar-refractivity contribution in [1.82, 2.24) is 10.4 Å². The number of nitrogens with zero attached hydrogens (tertiary/aromatic N) is 1. The van der Waals surface area contributed by atoms with Gasteiger partial charge in [-0.05, 0) is 30.9 Å². The van der Waals surface area contributed by atoms with Crippen LogP contribution >= 0.6 is 0 Å². The molecular formula is C13H22N4O. The Kier molecular flexibility index (Phi) is 4.16. The molecule has 0 spiro atoms. The number of methoxy groups -OCH3 is 1. The predicted octanol–water partition coefficient (Wildman–Crippen LogP) is 0.997. The second-order valence-corrected chi connectivity index (χ2v) is 4.97. The molecule has 0 bridgehead atoms. The zero-order valence-electron chi connectivity index (χ0n) is 10.9. The average molecular weight is 250 g/mol. The van der Waals surface area contributed by atoms with Crippen LogP contribution in [0.2, 0.25) is 0 Å². The van der Waals surface area contributed by atoms with E-state index in [2.05, 4.69) is 10.4 Å². The van der Waals surface area contributed by atoms with Gasteiger partial charge in [0.05, 0.1) is 11.6 Å². The maximum atomic E-state index is 5.96. The molecular weight excluding hydrogens is 228 g/mol. The van der Waals surface area contributed by atoms with Crippen LogP contribution in [-0.4, -0.2) is 23.7 Å². The highest BCUT2D eigenvalue weighted by Crippen LogP contribution is 2.36. The topological polar surface area (TPSA) is 86.2 Å². The van der Waals surface area contributed by atoms with Gasteiger partial charge in [-0.3, -0.25) is 16.3 Å². The van der Waals surface area contributed by atoms with Gasteiger partial charge in [0.1, 0.15) is 0 Å². The molecule has 1 heterocycles. The minimum atomic E-state index is -0.170. The summed E-state index contributed by atoms with van der Waals surface area (Å²) in [5, 5.41) is 0. The summed E-state index contributed by atoms with van der Waals surface area (Å²) in [6.07, 6.45) is 8.70. The molecule has 0 radical (unpaired) electrons. The minimum absolute atomic E-state index is 0.0662. The van der Waals surface area contributed by atoms with Gasteiger partial charge in [0.15, 0.2) is 0 Å². The molecule has 0 amide bonds. The number of nitrogens with two attached hydrogens (primary N) is 2. The highest BCUT2D eigenvalue weighted by atomic mass is 16.5. The largest absolute Gasteiger partial charge is 0.398 e. The molecule has 1 aliphatic rings. The molecule has 1 atom stereocenters. The van der Waals surface area contributed by atoms with Gasteiger partial charge in [-0.25, -0.2) is 0 Å². The van der Waals surface area contributed by atoms with E-state index in [1.54, 1.807) is 19.5 Å². The summed E-state index contributed by atoms with van der Waals surface area (Å²) in [6.45, 7) is 0. The Hall–Kier alpha value is -1.17. The first-order chi connectivity index (χ1) is 8.72. The summed E-state index contributed by atoms with van der Waals surface area (Å²) in [6, 6.07) is 1.88. The van der Waals surface area contributed by atoms with Crippen molar-refractivity contribution in [3.8, 4) is 0 Å². The van der Waals surface area contributed by atoms with Gasteiger partial charge < -0.3 is 10.5 Å². The molecule has 0 aromatic carbocycles. The zero-order valence-corrected chi connectivity index (χ0v) is 10.9. The van der Waals surface area contributed by atoms with Crippen molar-refractivity contribution in [2.45, 2.75) is 43.7 Å². The lowest BCUT2D eigenvalue weighted by Crippen LogP contribution is -2.54. The van der Waals surface area contributed by atoms with Gasteiger partial charge in [0.2, 0.25) is 0 Å². The third-order valence-electron chi connectivity index (χ3n) is 4.06. The summed E-state index contributed by atoms with van der Waals surface area (Å²) < 4.78 is 5.76. The Bertz CT molecular complexity index is 390. The lowest BCUT2D eigenvalue weighted by molar-refractivity contribution is -0.0355. The second-order valence-electron chi connectivity index (χ2n) is 4.97. The van der Waals surface area contributed by atoms with Crippen LogP contribution in [-0.2, 0) is 11.2 Å². The SMILES string of the molecule is COC1(C(Cc2cnccc2N)NN)CCCC1. The third kappa shape index (κ3) is 2.48. The molecule has 18 heavy (non-hydrogen) atoms. The Morgan fingerprint density at radius 1 is 1.50 bits per heavy atom. The maximum Gasteiger partial charge on any atom is 0.0847 e. The van der Waals surface area contributed by atoms with Gasteiger partial charge in [-0.2, -0.15) is 0 Å². The molecule has 5 N–H and O–H groups in total. The van der Waals surface area contributed by atoms with Crippen LogP contribution in [0, 0.1) is 0 Å². The Labute approximate surface area is 108 Å². The number of nitrogens with one attached hydrogen (secondary N) is 1. The smallest absolute Gasteiger partial charge is 0.0847 e. The first-order valence-corrected chi connectivity index (χ1v) is 6.41. The van der Waals surface area contributed by atoms with E-state index in [9.17, 15) is 0 Å². The molecule has 1 unspecified atom stereocenters. The highest BCUT2D eigenvalue weighted by molar-refractivity contribution is 5.44. The lowest BCUT2D eigenvalue weighted by Gasteiger charge is -2.36. The average Bonchev–Trinajstić information content (AvgIpc) is 2.88. The van der Waals surface area contributed by atoms with E-state index in [1.807, 2.05) is 6.07 Å². The van der Waals surface area contributed by atoms with Gasteiger partial charge in [-0.1, -0.05) is 12.8 Å². The quantitative estimate of drug-likeness (QED) is 0.536. The predicted molar refractivity (Wildman–Crippen MR) is 71.7 cm³/mol. The van der Waals surface area contributed by atoms with Crippen molar-refractivity contribution in [3.05, 3.63) is 24.0 Å². The summed E-state index contributed by atoms with van der Waals surface area (Å²) in [4.78, 5) is 4.12. The number of anilines is 1. The van der Waals surface area contributed by atoms with Gasteiger partial charge >= 0.3 is 0 Å². The van der Waals surface area contributed by atoms with Crippen molar-refractivity contribution in [3.63, 3.8) is 0 Å². The van der Waals surface area contributed by atoms with E-state index in [0.29, 0.717) is 0 Å². The monoisotopic (exact) mass is 250 g/mol. The van der Waals surface area contributed by atoms with Crippen molar-refractivity contribution in [2.75, 3.05) is 12.8 Å². The van der Waals surface area contributed by atoms with Crippen LogP contribution in [0.25, 0.3) is 0 Å².